The fraction of sp³-hybridized carbons (Fsp3) is 0.462. The fourth-order valence-electron chi connectivity index (χ4n) is 1.57. The van der Waals surface area contributed by atoms with Gasteiger partial charge in [-0.3, -0.25) is 4.79 Å². The van der Waals surface area contributed by atoms with E-state index in [1.54, 1.807) is 26.1 Å². The molecule has 1 rings (SSSR count). The number of ether oxygens (including phenoxy) is 1. The highest BCUT2D eigenvalue weighted by Crippen LogP contribution is 2.33. The van der Waals surface area contributed by atoms with Gasteiger partial charge in [0.1, 0.15) is 5.75 Å². The molecule has 0 aliphatic rings. The van der Waals surface area contributed by atoms with Crippen LogP contribution >= 0.6 is 23.2 Å². The van der Waals surface area contributed by atoms with Gasteiger partial charge in [-0.25, -0.2) is 0 Å². The van der Waals surface area contributed by atoms with E-state index >= 15 is 0 Å². The highest BCUT2D eigenvalue weighted by Gasteiger charge is 2.17. The van der Waals surface area contributed by atoms with Gasteiger partial charge in [-0.2, -0.15) is 0 Å². The van der Waals surface area contributed by atoms with Crippen molar-refractivity contribution in [3.8, 4) is 5.75 Å². The number of carbonyl (C=O) groups excluding carboxylic acids is 1. The van der Waals surface area contributed by atoms with Crippen LogP contribution in [0.15, 0.2) is 12.1 Å². The minimum absolute atomic E-state index is 0.208. The van der Waals surface area contributed by atoms with Crippen LogP contribution in [0.25, 0.3) is 0 Å². The normalized spacial score (nSPS) is 12.1. The second-order valence-electron chi connectivity index (χ2n) is 4.03. The number of halogens is 2. The average molecular weight is 305 g/mol. The van der Waals surface area contributed by atoms with E-state index in [9.17, 15) is 4.79 Å². The van der Waals surface area contributed by atoms with Gasteiger partial charge in [0, 0.05) is 24.2 Å². The van der Waals surface area contributed by atoms with E-state index < -0.39 is 6.10 Å². The van der Waals surface area contributed by atoms with Crippen LogP contribution in [-0.4, -0.2) is 25.6 Å². The van der Waals surface area contributed by atoms with Gasteiger partial charge in [-0.1, -0.05) is 30.1 Å². The zero-order valence-corrected chi connectivity index (χ0v) is 12.7. The van der Waals surface area contributed by atoms with Gasteiger partial charge in [-0.05, 0) is 25.6 Å². The Morgan fingerprint density at radius 2 is 2.11 bits per heavy atom. The van der Waals surface area contributed by atoms with Crippen molar-refractivity contribution in [2.24, 2.45) is 0 Å². The Bertz CT molecular complexity index is 453. The minimum atomic E-state index is -0.621. The number of likely N-dealkylation sites (N-methyl/N-ethyl adjacent to an activating group) is 1. The van der Waals surface area contributed by atoms with E-state index in [0.29, 0.717) is 22.3 Å². The third kappa shape index (κ3) is 4.56. The predicted octanol–water partition coefficient (Wildman–Crippen LogP) is 2.62. The molecule has 1 aromatic rings. The number of benzene rings is 1. The number of nitrogens with one attached hydrogen (secondary N) is 2. The zero-order chi connectivity index (χ0) is 14.4. The molecule has 1 aromatic carbocycles. The Morgan fingerprint density at radius 3 is 2.68 bits per heavy atom. The number of carbonyl (C=O) groups is 1. The van der Waals surface area contributed by atoms with Crippen LogP contribution in [0.3, 0.4) is 0 Å². The maximum atomic E-state index is 11.5. The van der Waals surface area contributed by atoms with E-state index in [4.69, 9.17) is 27.9 Å². The summed E-state index contributed by atoms with van der Waals surface area (Å²) >= 11 is 12.1. The standard InChI is InChI=1S/C13H18Cl2N2O2/c1-4-17-7-9-5-10(14)6-11(15)12(9)19-8(2)13(18)16-3/h5-6,8,17H,4,7H2,1-3H3,(H,16,18). The molecule has 2 N–H and O–H groups in total. The molecule has 0 aromatic heterocycles. The third-order valence-electron chi connectivity index (χ3n) is 2.56. The molecule has 19 heavy (non-hydrogen) atoms. The summed E-state index contributed by atoms with van der Waals surface area (Å²) in [6.07, 6.45) is -0.621. The molecule has 0 heterocycles. The molecule has 0 radical (unpaired) electrons. The summed E-state index contributed by atoms with van der Waals surface area (Å²) in [5.41, 5.74) is 0.829. The lowest BCUT2D eigenvalue weighted by Gasteiger charge is -2.18. The molecule has 106 valence electrons. The van der Waals surface area contributed by atoms with E-state index in [-0.39, 0.29) is 5.91 Å². The molecule has 1 atom stereocenters. The molecule has 0 spiro atoms. The van der Waals surface area contributed by atoms with E-state index in [1.165, 1.54) is 0 Å². The van der Waals surface area contributed by atoms with Gasteiger partial charge in [-0.15, -0.1) is 0 Å². The number of hydrogen-bond donors (Lipinski definition) is 2. The zero-order valence-electron chi connectivity index (χ0n) is 11.2. The number of amides is 1. The number of rotatable bonds is 6. The molecular formula is C13H18Cl2N2O2. The van der Waals surface area contributed by atoms with Crippen molar-refractivity contribution in [2.45, 2.75) is 26.5 Å². The molecule has 0 saturated carbocycles. The second-order valence-corrected chi connectivity index (χ2v) is 4.87. The van der Waals surface area contributed by atoms with Crippen molar-refractivity contribution in [1.82, 2.24) is 10.6 Å². The Morgan fingerprint density at radius 1 is 1.42 bits per heavy atom. The smallest absolute Gasteiger partial charge is 0.260 e. The van der Waals surface area contributed by atoms with Gasteiger partial charge in [0.2, 0.25) is 0 Å². The average Bonchev–Trinajstić information content (AvgIpc) is 2.38. The first-order chi connectivity index (χ1) is 8.99. The maximum Gasteiger partial charge on any atom is 0.260 e. The molecule has 0 aliphatic heterocycles. The van der Waals surface area contributed by atoms with E-state index in [0.717, 1.165) is 12.1 Å². The maximum absolute atomic E-state index is 11.5. The van der Waals surface area contributed by atoms with Crippen LogP contribution in [0.1, 0.15) is 19.4 Å². The van der Waals surface area contributed by atoms with Crippen LogP contribution in [0.5, 0.6) is 5.75 Å². The summed E-state index contributed by atoms with van der Waals surface area (Å²) in [6.45, 7) is 5.06. The van der Waals surface area contributed by atoms with Gasteiger partial charge >= 0.3 is 0 Å². The largest absolute Gasteiger partial charge is 0.479 e. The highest BCUT2D eigenvalue weighted by atomic mass is 35.5. The predicted molar refractivity (Wildman–Crippen MR) is 78.0 cm³/mol. The van der Waals surface area contributed by atoms with E-state index in [2.05, 4.69) is 10.6 Å². The van der Waals surface area contributed by atoms with Crippen molar-refractivity contribution in [2.75, 3.05) is 13.6 Å². The van der Waals surface area contributed by atoms with Gasteiger partial charge < -0.3 is 15.4 Å². The molecule has 4 nitrogen and oxygen atoms in total. The van der Waals surface area contributed by atoms with Crippen LogP contribution in [-0.2, 0) is 11.3 Å². The highest BCUT2D eigenvalue weighted by molar-refractivity contribution is 6.35. The molecule has 0 fully saturated rings. The Balaban J connectivity index is 2.99. The summed E-state index contributed by atoms with van der Waals surface area (Å²) in [5.74, 6) is 0.281. The van der Waals surface area contributed by atoms with Crippen LogP contribution in [0.4, 0.5) is 0 Å². The van der Waals surface area contributed by atoms with Crippen molar-refractivity contribution < 1.29 is 9.53 Å². The van der Waals surface area contributed by atoms with Crippen LogP contribution in [0.2, 0.25) is 10.0 Å². The monoisotopic (exact) mass is 304 g/mol. The van der Waals surface area contributed by atoms with Gasteiger partial charge in [0.05, 0.1) is 5.02 Å². The topological polar surface area (TPSA) is 50.4 Å². The molecule has 6 heteroatoms. The minimum Gasteiger partial charge on any atom is -0.479 e. The summed E-state index contributed by atoms with van der Waals surface area (Å²) in [6, 6.07) is 3.38. The SMILES string of the molecule is CCNCc1cc(Cl)cc(Cl)c1OC(C)C(=O)NC. The first kappa shape index (κ1) is 16.1. The van der Waals surface area contributed by atoms with Crippen LogP contribution in [0, 0.1) is 0 Å². The Kier molecular flexibility index (Phi) is 6.42. The fourth-order valence-corrected chi connectivity index (χ4v) is 2.15. The van der Waals surface area contributed by atoms with Crippen molar-refractivity contribution in [3.05, 3.63) is 27.7 Å². The summed E-state index contributed by atoms with van der Waals surface area (Å²) < 4.78 is 5.64. The summed E-state index contributed by atoms with van der Waals surface area (Å²) in [4.78, 5) is 11.5. The molecule has 1 unspecified atom stereocenters. The van der Waals surface area contributed by atoms with Crippen molar-refractivity contribution in [1.29, 1.82) is 0 Å². The molecule has 0 bridgehead atoms. The lowest BCUT2D eigenvalue weighted by atomic mass is 10.2. The quantitative estimate of drug-likeness (QED) is 0.849. The van der Waals surface area contributed by atoms with Gasteiger partial charge in [0.25, 0.3) is 5.91 Å². The molecular weight excluding hydrogens is 287 g/mol. The second kappa shape index (κ2) is 7.58. The molecule has 0 saturated heterocycles. The van der Waals surface area contributed by atoms with E-state index in [1.807, 2.05) is 6.92 Å². The Labute approximate surface area is 123 Å². The van der Waals surface area contributed by atoms with Crippen molar-refractivity contribution in [3.63, 3.8) is 0 Å². The first-order valence-electron chi connectivity index (χ1n) is 6.06. The number of hydrogen-bond acceptors (Lipinski definition) is 3. The van der Waals surface area contributed by atoms with Crippen molar-refractivity contribution >= 4 is 29.1 Å². The molecule has 0 aliphatic carbocycles. The lowest BCUT2D eigenvalue weighted by Crippen LogP contribution is -2.34. The first-order valence-corrected chi connectivity index (χ1v) is 6.82. The summed E-state index contributed by atoms with van der Waals surface area (Å²) in [5, 5.41) is 6.65. The summed E-state index contributed by atoms with van der Waals surface area (Å²) in [7, 11) is 1.56. The third-order valence-corrected chi connectivity index (χ3v) is 3.06. The lowest BCUT2D eigenvalue weighted by molar-refractivity contribution is -0.126. The Hall–Kier alpha value is -0.970. The van der Waals surface area contributed by atoms with Gasteiger partial charge in [0.15, 0.2) is 6.10 Å². The van der Waals surface area contributed by atoms with Crippen LogP contribution < -0.4 is 15.4 Å². The molecule has 1 amide bonds.